The van der Waals surface area contributed by atoms with E-state index >= 15 is 0 Å². The van der Waals surface area contributed by atoms with Crippen LogP contribution in [0.15, 0.2) is 0 Å². The molecule has 2 N–H and O–H groups in total. The third-order valence-electron chi connectivity index (χ3n) is 2.49. The second-order valence-electron chi connectivity index (χ2n) is 3.64. The molecule has 84 valence electrons. The molecule has 0 spiro atoms. The Balaban J connectivity index is 2.47. The van der Waals surface area contributed by atoms with E-state index in [-0.39, 0.29) is 12.5 Å². The normalized spacial score (nSPS) is 19.5. The highest BCUT2D eigenvalue weighted by atomic mass is 16.3. The molecule has 1 unspecified atom stereocenters. The van der Waals surface area contributed by atoms with Gasteiger partial charge in [-0.05, 0) is 32.2 Å². The number of nitrogens with one attached hydrogen (secondary N) is 1. The van der Waals surface area contributed by atoms with E-state index in [2.05, 4.69) is 17.2 Å². The molecule has 1 rings (SSSR count). The SMILES string of the molecule is CC#CC(=O)N(CCO)CC1CCCN1. The lowest BCUT2D eigenvalue weighted by Crippen LogP contribution is -2.42. The number of amides is 1. The second-order valence-corrected chi connectivity index (χ2v) is 3.64. The van der Waals surface area contributed by atoms with Gasteiger partial charge in [0.15, 0.2) is 0 Å². The van der Waals surface area contributed by atoms with Crippen molar-refractivity contribution in [1.29, 1.82) is 0 Å². The quantitative estimate of drug-likeness (QED) is 0.620. The molecule has 0 saturated carbocycles. The Morgan fingerprint density at radius 3 is 3.00 bits per heavy atom. The van der Waals surface area contributed by atoms with Gasteiger partial charge in [0.1, 0.15) is 0 Å². The summed E-state index contributed by atoms with van der Waals surface area (Å²) in [6.07, 6.45) is 2.25. The van der Waals surface area contributed by atoms with Crippen LogP contribution < -0.4 is 5.32 Å². The van der Waals surface area contributed by atoms with Crippen molar-refractivity contribution in [3.8, 4) is 11.8 Å². The summed E-state index contributed by atoms with van der Waals surface area (Å²) in [4.78, 5) is 13.1. The number of rotatable bonds is 4. The van der Waals surface area contributed by atoms with Crippen molar-refractivity contribution in [2.75, 3.05) is 26.2 Å². The molecule has 15 heavy (non-hydrogen) atoms. The van der Waals surface area contributed by atoms with Crippen LogP contribution in [0, 0.1) is 11.8 Å². The highest BCUT2D eigenvalue weighted by Gasteiger charge is 2.19. The van der Waals surface area contributed by atoms with Crippen LogP contribution in [-0.4, -0.2) is 48.2 Å². The number of carbonyl (C=O) groups excluding carboxylic acids is 1. The van der Waals surface area contributed by atoms with Gasteiger partial charge in [0.25, 0.3) is 5.91 Å². The summed E-state index contributed by atoms with van der Waals surface area (Å²) in [5, 5.41) is 12.2. The van der Waals surface area contributed by atoms with Crippen molar-refractivity contribution >= 4 is 5.91 Å². The summed E-state index contributed by atoms with van der Waals surface area (Å²) in [5.41, 5.74) is 0. The van der Waals surface area contributed by atoms with E-state index in [1.807, 2.05) is 0 Å². The molecule has 0 radical (unpaired) electrons. The van der Waals surface area contributed by atoms with Crippen LogP contribution in [0.2, 0.25) is 0 Å². The molecule has 1 heterocycles. The highest BCUT2D eigenvalue weighted by molar-refractivity contribution is 5.93. The number of hydrogen-bond donors (Lipinski definition) is 2. The van der Waals surface area contributed by atoms with E-state index in [4.69, 9.17) is 5.11 Å². The van der Waals surface area contributed by atoms with Crippen LogP contribution >= 0.6 is 0 Å². The van der Waals surface area contributed by atoms with E-state index in [1.54, 1.807) is 11.8 Å². The molecule has 0 bridgehead atoms. The van der Waals surface area contributed by atoms with Gasteiger partial charge in [0.05, 0.1) is 6.61 Å². The van der Waals surface area contributed by atoms with Gasteiger partial charge in [-0.25, -0.2) is 0 Å². The van der Waals surface area contributed by atoms with E-state index in [1.165, 1.54) is 0 Å². The van der Waals surface area contributed by atoms with Gasteiger partial charge in [0, 0.05) is 19.1 Å². The zero-order valence-electron chi connectivity index (χ0n) is 9.12. The van der Waals surface area contributed by atoms with E-state index in [0.717, 1.165) is 19.4 Å². The van der Waals surface area contributed by atoms with Gasteiger partial charge < -0.3 is 15.3 Å². The first-order valence-electron chi connectivity index (χ1n) is 5.34. The average Bonchev–Trinajstić information content (AvgIpc) is 2.70. The molecular weight excluding hydrogens is 192 g/mol. The minimum atomic E-state index is -0.194. The predicted octanol–water partition coefficient (Wildman–Crippen LogP) is -0.417. The summed E-state index contributed by atoms with van der Waals surface area (Å²) >= 11 is 0. The van der Waals surface area contributed by atoms with Crippen LogP contribution in [0.25, 0.3) is 0 Å². The van der Waals surface area contributed by atoms with Crippen molar-refractivity contribution in [2.24, 2.45) is 0 Å². The molecule has 0 aromatic rings. The zero-order valence-corrected chi connectivity index (χ0v) is 9.12. The first kappa shape index (κ1) is 12.0. The third kappa shape index (κ3) is 3.90. The third-order valence-corrected chi connectivity index (χ3v) is 2.49. The van der Waals surface area contributed by atoms with Gasteiger partial charge in [-0.1, -0.05) is 5.92 Å². The molecule has 1 fully saturated rings. The fourth-order valence-corrected chi connectivity index (χ4v) is 1.76. The van der Waals surface area contributed by atoms with Crippen LogP contribution in [0.1, 0.15) is 19.8 Å². The first-order chi connectivity index (χ1) is 7.27. The Morgan fingerprint density at radius 1 is 1.67 bits per heavy atom. The predicted molar refractivity (Wildman–Crippen MR) is 58.1 cm³/mol. The van der Waals surface area contributed by atoms with Gasteiger partial charge in [-0.2, -0.15) is 0 Å². The van der Waals surface area contributed by atoms with Gasteiger partial charge in [0.2, 0.25) is 0 Å². The summed E-state index contributed by atoms with van der Waals surface area (Å²) in [6.45, 7) is 3.66. The standard InChI is InChI=1S/C11H18N2O2/c1-2-4-11(15)13(7-8-14)9-10-5-3-6-12-10/h10,12,14H,3,5-9H2,1H3. The summed E-state index contributed by atoms with van der Waals surface area (Å²) in [6, 6.07) is 0.360. The maximum absolute atomic E-state index is 11.5. The summed E-state index contributed by atoms with van der Waals surface area (Å²) in [7, 11) is 0. The molecule has 1 aliphatic rings. The molecule has 0 aromatic heterocycles. The van der Waals surface area contributed by atoms with E-state index in [0.29, 0.717) is 19.1 Å². The van der Waals surface area contributed by atoms with Crippen molar-refractivity contribution in [3.05, 3.63) is 0 Å². The number of aliphatic hydroxyl groups is 1. The Labute approximate surface area is 90.6 Å². The summed E-state index contributed by atoms with van der Waals surface area (Å²) in [5.74, 6) is 4.90. The molecule has 1 saturated heterocycles. The Bertz CT molecular complexity index is 261. The largest absolute Gasteiger partial charge is 0.395 e. The first-order valence-corrected chi connectivity index (χ1v) is 5.34. The van der Waals surface area contributed by atoms with Crippen molar-refractivity contribution in [3.63, 3.8) is 0 Å². The fraction of sp³-hybridized carbons (Fsp3) is 0.727. The van der Waals surface area contributed by atoms with E-state index in [9.17, 15) is 4.79 Å². The lowest BCUT2D eigenvalue weighted by molar-refractivity contribution is -0.125. The van der Waals surface area contributed by atoms with Gasteiger partial charge in [-0.3, -0.25) is 4.79 Å². The van der Waals surface area contributed by atoms with Crippen LogP contribution in [-0.2, 0) is 4.79 Å². The monoisotopic (exact) mass is 210 g/mol. The maximum Gasteiger partial charge on any atom is 0.298 e. The fourth-order valence-electron chi connectivity index (χ4n) is 1.76. The molecular formula is C11H18N2O2. The number of aliphatic hydroxyl groups excluding tert-OH is 1. The molecule has 1 atom stereocenters. The minimum Gasteiger partial charge on any atom is -0.395 e. The van der Waals surface area contributed by atoms with Crippen molar-refractivity contribution in [1.82, 2.24) is 10.2 Å². The molecule has 1 amide bonds. The smallest absolute Gasteiger partial charge is 0.298 e. The van der Waals surface area contributed by atoms with Crippen LogP contribution in [0.4, 0.5) is 0 Å². The lowest BCUT2D eigenvalue weighted by Gasteiger charge is -2.22. The lowest BCUT2D eigenvalue weighted by atomic mass is 10.2. The van der Waals surface area contributed by atoms with Crippen LogP contribution in [0.5, 0.6) is 0 Å². The zero-order chi connectivity index (χ0) is 11.1. The molecule has 0 aliphatic carbocycles. The number of hydrogen-bond acceptors (Lipinski definition) is 3. The summed E-state index contributed by atoms with van der Waals surface area (Å²) < 4.78 is 0. The molecule has 4 nitrogen and oxygen atoms in total. The van der Waals surface area contributed by atoms with Gasteiger partial charge in [-0.15, -0.1) is 0 Å². The number of nitrogens with zero attached hydrogens (tertiary/aromatic N) is 1. The molecule has 1 aliphatic heterocycles. The second kappa shape index (κ2) is 6.44. The highest BCUT2D eigenvalue weighted by Crippen LogP contribution is 2.06. The minimum absolute atomic E-state index is 0.0101. The molecule has 0 aromatic carbocycles. The maximum atomic E-state index is 11.5. The molecule has 4 heteroatoms. The van der Waals surface area contributed by atoms with Crippen LogP contribution in [0.3, 0.4) is 0 Å². The van der Waals surface area contributed by atoms with E-state index < -0.39 is 0 Å². The number of carbonyl (C=O) groups is 1. The van der Waals surface area contributed by atoms with Crippen molar-refractivity contribution < 1.29 is 9.90 Å². The Hall–Kier alpha value is -1.05. The topological polar surface area (TPSA) is 52.6 Å². The Kier molecular flexibility index (Phi) is 5.16. The Morgan fingerprint density at radius 2 is 2.47 bits per heavy atom. The average molecular weight is 210 g/mol. The van der Waals surface area contributed by atoms with Gasteiger partial charge >= 0.3 is 0 Å². The van der Waals surface area contributed by atoms with Crippen molar-refractivity contribution in [2.45, 2.75) is 25.8 Å².